The lowest BCUT2D eigenvalue weighted by Gasteiger charge is -2.12. The predicted molar refractivity (Wildman–Crippen MR) is 51.4 cm³/mol. The van der Waals surface area contributed by atoms with Crippen LogP contribution < -0.4 is 0 Å². The summed E-state index contributed by atoms with van der Waals surface area (Å²) in [5, 5.41) is 6.75. The molecule has 16 heavy (non-hydrogen) atoms. The number of aromatic nitrogens is 3. The molecule has 2 rings (SSSR count). The molecule has 1 heterocycles. The summed E-state index contributed by atoms with van der Waals surface area (Å²) >= 11 is 5.62. The minimum atomic E-state index is -4.44. The van der Waals surface area contributed by atoms with Crippen molar-refractivity contribution in [1.29, 1.82) is 0 Å². The molecule has 0 amide bonds. The molecule has 0 N–H and O–H groups in total. The van der Waals surface area contributed by atoms with Crippen molar-refractivity contribution in [3.8, 4) is 5.69 Å². The second-order valence-corrected chi connectivity index (χ2v) is 3.32. The number of hydrogen-bond acceptors (Lipinski definition) is 2. The first-order valence-corrected chi connectivity index (χ1v) is 4.60. The Morgan fingerprint density at radius 1 is 1.19 bits per heavy atom. The van der Waals surface area contributed by atoms with Crippen molar-refractivity contribution in [1.82, 2.24) is 14.8 Å². The summed E-state index contributed by atoms with van der Waals surface area (Å²) < 4.78 is 39.1. The fourth-order valence-corrected chi connectivity index (χ4v) is 1.48. The van der Waals surface area contributed by atoms with Crippen LogP contribution in [0.2, 0.25) is 5.28 Å². The minimum absolute atomic E-state index is 0.0926. The number of rotatable bonds is 1. The van der Waals surface area contributed by atoms with Gasteiger partial charge in [-0.15, -0.1) is 10.2 Å². The van der Waals surface area contributed by atoms with Gasteiger partial charge in [0.25, 0.3) is 0 Å². The highest BCUT2D eigenvalue weighted by Gasteiger charge is 2.33. The number of halogens is 4. The van der Waals surface area contributed by atoms with Crippen molar-refractivity contribution in [3.63, 3.8) is 0 Å². The van der Waals surface area contributed by atoms with E-state index in [-0.39, 0.29) is 11.0 Å². The number of benzene rings is 1. The Hall–Kier alpha value is -1.56. The van der Waals surface area contributed by atoms with Crippen molar-refractivity contribution in [2.24, 2.45) is 0 Å². The fraction of sp³-hybridized carbons (Fsp3) is 0.111. The van der Waals surface area contributed by atoms with E-state index < -0.39 is 11.7 Å². The molecule has 0 unspecified atom stereocenters. The van der Waals surface area contributed by atoms with E-state index in [1.54, 1.807) is 0 Å². The minimum Gasteiger partial charge on any atom is -0.272 e. The van der Waals surface area contributed by atoms with E-state index in [1.807, 2.05) is 0 Å². The lowest BCUT2D eigenvalue weighted by atomic mass is 10.1. The van der Waals surface area contributed by atoms with Gasteiger partial charge >= 0.3 is 6.18 Å². The molecular weight excluding hydrogens is 243 g/mol. The highest BCUT2D eigenvalue weighted by Crippen LogP contribution is 2.34. The monoisotopic (exact) mass is 247 g/mol. The van der Waals surface area contributed by atoms with Crippen molar-refractivity contribution in [2.45, 2.75) is 6.18 Å². The first-order valence-electron chi connectivity index (χ1n) is 4.22. The van der Waals surface area contributed by atoms with Crippen molar-refractivity contribution in [3.05, 3.63) is 41.4 Å². The molecule has 2 aromatic rings. The Labute approximate surface area is 93.5 Å². The van der Waals surface area contributed by atoms with Crippen LogP contribution in [0.1, 0.15) is 5.56 Å². The largest absolute Gasteiger partial charge is 0.418 e. The fourth-order valence-electron chi connectivity index (χ4n) is 1.31. The van der Waals surface area contributed by atoms with Crippen LogP contribution in [0, 0.1) is 0 Å². The van der Waals surface area contributed by atoms with Crippen LogP contribution in [0.4, 0.5) is 13.2 Å². The second-order valence-electron chi connectivity index (χ2n) is 2.98. The third-order valence-corrected chi connectivity index (χ3v) is 2.23. The molecule has 0 atom stereocenters. The first kappa shape index (κ1) is 10.9. The van der Waals surface area contributed by atoms with Crippen molar-refractivity contribution in [2.75, 3.05) is 0 Å². The quantitative estimate of drug-likeness (QED) is 0.776. The molecule has 0 radical (unpaired) electrons. The molecule has 0 saturated heterocycles. The lowest BCUT2D eigenvalue weighted by Crippen LogP contribution is -2.10. The normalized spacial score (nSPS) is 11.8. The molecule has 84 valence electrons. The van der Waals surface area contributed by atoms with Crippen LogP contribution >= 0.6 is 11.6 Å². The molecule has 1 aromatic heterocycles. The van der Waals surface area contributed by atoms with Gasteiger partial charge in [0, 0.05) is 0 Å². The van der Waals surface area contributed by atoms with Gasteiger partial charge in [0.05, 0.1) is 11.3 Å². The first-order chi connectivity index (χ1) is 7.50. The Morgan fingerprint density at radius 3 is 2.44 bits per heavy atom. The van der Waals surface area contributed by atoms with E-state index in [2.05, 4.69) is 10.2 Å². The topological polar surface area (TPSA) is 30.7 Å². The van der Waals surface area contributed by atoms with Crippen LogP contribution in [0.25, 0.3) is 5.69 Å². The van der Waals surface area contributed by atoms with E-state index in [4.69, 9.17) is 11.6 Å². The zero-order valence-electron chi connectivity index (χ0n) is 7.74. The highest BCUT2D eigenvalue weighted by atomic mass is 35.5. The van der Waals surface area contributed by atoms with E-state index >= 15 is 0 Å². The van der Waals surface area contributed by atoms with Crippen molar-refractivity contribution < 1.29 is 13.2 Å². The van der Waals surface area contributed by atoms with Gasteiger partial charge in [-0.1, -0.05) is 12.1 Å². The van der Waals surface area contributed by atoms with E-state index in [0.717, 1.165) is 17.0 Å². The molecular formula is C9H5ClF3N3. The third kappa shape index (κ3) is 1.88. The van der Waals surface area contributed by atoms with Gasteiger partial charge in [0.1, 0.15) is 6.33 Å². The molecule has 1 aromatic carbocycles. The molecule has 0 aliphatic carbocycles. The molecule has 0 fully saturated rings. The summed E-state index contributed by atoms with van der Waals surface area (Å²) in [5.74, 6) is 0. The van der Waals surface area contributed by atoms with Gasteiger partial charge in [0.15, 0.2) is 0 Å². The Kier molecular flexibility index (Phi) is 2.59. The average molecular weight is 248 g/mol. The summed E-state index contributed by atoms with van der Waals surface area (Å²) in [4.78, 5) is 0. The van der Waals surface area contributed by atoms with Gasteiger partial charge in [-0.25, -0.2) is 0 Å². The van der Waals surface area contributed by atoms with Gasteiger partial charge in [0.2, 0.25) is 5.28 Å². The van der Waals surface area contributed by atoms with Gasteiger partial charge in [-0.3, -0.25) is 4.57 Å². The van der Waals surface area contributed by atoms with E-state index in [1.165, 1.54) is 18.2 Å². The van der Waals surface area contributed by atoms with Crippen LogP contribution in [0.15, 0.2) is 30.6 Å². The molecule has 0 spiro atoms. The summed E-state index contributed by atoms with van der Waals surface area (Å²) in [6, 6.07) is 5.08. The zero-order chi connectivity index (χ0) is 11.8. The Morgan fingerprint density at radius 2 is 1.88 bits per heavy atom. The molecule has 3 nitrogen and oxygen atoms in total. The number of nitrogens with zero attached hydrogens (tertiary/aromatic N) is 3. The average Bonchev–Trinajstić information content (AvgIpc) is 2.63. The second kappa shape index (κ2) is 3.79. The third-order valence-electron chi connectivity index (χ3n) is 1.98. The van der Waals surface area contributed by atoms with Gasteiger partial charge in [-0.2, -0.15) is 13.2 Å². The summed E-state index contributed by atoms with van der Waals surface area (Å²) in [7, 11) is 0. The zero-order valence-corrected chi connectivity index (χ0v) is 8.50. The van der Waals surface area contributed by atoms with E-state index in [9.17, 15) is 13.2 Å². The highest BCUT2D eigenvalue weighted by molar-refractivity contribution is 6.28. The summed E-state index contributed by atoms with van der Waals surface area (Å²) in [6.45, 7) is 0. The smallest absolute Gasteiger partial charge is 0.272 e. The van der Waals surface area contributed by atoms with Crippen molar-refractivity contribution >= 4 is 11.6 Å². The van der Waals surface area contributed by atoms with Crippen LogP contribution in [-0.4, -0.2) is 14.8 Å². The Bertz CT molecular complexity index is 507. The van der Waals surface area contributed by atoms with Crippen LogP contribution in [-0.2, 0) is 6.18 Å². The summed E-state index contributed by atoms with van der Waals surface area (Å²) in [5.41, 5.74) is -0.873. The van der Waals surface area contributed by atoms with Gasteiger partial charge in [-0.05, 0) is 23.7 Å². The number of para-hydroxylation sites is 1. The van der Waals surface area contributed by atoms with Gasteiger partial charge < -0.3 is 0 Å². The molecule has 0 bridgehead atoms. The molecule has 0 aliphatic rings. The lowest BCUT2D eigenvalue weighted by molar-refractivity contribution is -0.137. The Balaban J connectivity index is 2.62. The van der Waals surface area contributed by atoms with E-state index in [0.29, 0.717) is 0 Å². The SMILES string of the molecule is FC(F)(F)c1ccccc1-n1cnnc1Cl. The standard InChI is InChI=1S/C9H5ClF3N3/c10-8-15-14-5-16(8)7-4-2-1-3-6(7)9(11,12)13/h1-5H. The molecule has 7 heteroatoms. The number of hydrogen-bond donors (Lipinski definition) is 0. The summed E-state index contributed by atoms with van der Waals surface area (Å²) in [6.07, 6.45) is -3.31. The number of alkyl halides is 3. The maximum atomic E-state index is 12.7. The van der Waals surface area contributed by atoms with Crippen LogP contribution in [0.3, 0.4) is 0 Å². The van der Waals surface area contributed by atoms with Crippen LogP contribution in [0.5, 0.6) is 0 Å². The maximum absolute atomic E-state index is 12.7. The predicted octanol–water partition coefficient (Wildman–Crippen LogP) is 2.94. The molecule has 0 saturated carbocycles. The maximum Gasteiger partial charge on any atom is 0.418 e. The molecule has 0 aliphatic heterocycles.